The van der Waals surface area contributed by atoms with Crippen molar-refractivity contribution >= 4 is 5.78 Å². The fourth-order valence-corrected chi connectivity index (χ4v) is 2.09. The predicted molar refractivity (Wildman–Crippen MR) is 74.0 cm³/mol. The second kappa shape index (κ2) is 5.14. The molecule has 2 aromatic carbocycles. The molecular weight excluding hydrogens is 240 g/mol. The Bertz CT molecular complexity index is 610. The van der Waals surface area contributed by atoms with E-state index in [4.69, 9.17) is 4.74 Å². The highest BCUT2D eigenvalue weighted by molar-refractivity contribution is 6.09. The summed E-state index contributed by atoms with van der Waals surface area (Å²) in [6, 6.07) is 10.3. The zero-order valence-corrected chi connectivity index (χ0v) is 11.2. The summed E-state index contributed by atoms with van der Waals surface area (Å²) in [5, 5.41) is 9.54. The smallest absolute Gasteiger partial charge is 0.193 e. The number of hydrogen-bond donors (Lipinski definition) is 1. The van der Waals surface area contributed by atoms with Crippen molar-refractivity contribution in [2.45, 2.75) is 13.8 Å². The Balaban J connectivity index is 2.43. The lowest BCUT2D eigenvalue weighted by molar-refractivity contribution is 0.103. The average Bonchev–Trinajstić information content (AvgIpc) is 2.37. The van der Waals surface area contributed by atoms with Crippen molar-refractivity contribution < 1.29 is 14.6 Å². The molecule has 0 saturated carbocycles. The first-order valence-corrected chi connectivity index (χ1v) is 6.01. The average molecular weight is 256 g/mol. The van der Waals surface area contributed by atoms with Crippen LogP contribution in [0.1, 0.15) is 27.0 Å². The van der Waals surface area contributed by atoms with E-state index < -0.39 is 0 Å². The standard InChI is InChI=1S/C16H16O3/c1-10-6-11(2)8-13(7-10)16(18)12-4-5-14(17)15(9-12)19-3/h4-9,17H,1-3H3. The largest absolute Gasteiger partial charge is 0.504 e. The molecule has 0 amide bonds. The number of carbonyl (C=O) groups excluding carboxylic acids is 1. The number of aryl methyl sites for hydroxylation is 2. The van der Waals surface area contributed by atoms with Gasteiger partial charge in [0, 0.05) is 11.1 Å². The number of rotatable bonds is 3. The summed E-state index contributed by atoms with van der Waals surface area (Å²) in [5.41, 5.74) is 3.24. The highest BCUT2D eigenvalue weighted by Crippen LogP contribution is 2.27. The van der Waals surface area contributed by atoms with Gasteiger partial charge in [0.1, 0.15) is 0 Å². The van der Waals surface area contributed by atoms with Gasteiger partial charge in [0.05, 0.1) is 7.11 Å². The molecule has 19 heavy (non-hydrogen) atoms. The molecular formula is C16H16O3. The first-order chi connectivity index (χ1) is 9.01. The lowest BCUT2D eigenvalue weighted by Gasteiger charge is -2.07. The van der Waals surface area contributed by atoms with Gasteiger partial charge in [0.25, 0.3) is 0 Å². The Morgan fingerprint density at radius 2 is 1.63 bits per heavy atom. The van der Waals surface area contributed by atoms with Crippen molar-refractivity contribution in [3.63, 3.8) is 0 Å². The van der Waals surface area contributed by atoms with Crippen molar-refractivity contribution in [1.29, 1.82) is 0 Å². The third-order valence-electron chi connectivity index (χ3n) is 2.93. The first-order valence-electron chi connectivity index (χ1n) is 6.01. The fraction of sp³-hybridized carbons (Fsp3) is 0.188. The quantitative estimate of drug-likeness (QED) is 0.857. The van der Waals surface area contributed by atoms with Crippen molar-refractivity contribution in [3.05, 3.63) is 58.7 Å². The molecule has 0 aliphatic heterocycles. The van der Waals surface area contributed by atoms with Crippen LogP contribution in [-0.4, -0.2) is 18.0 Å². The highest BCUT2D eigenvalue weighted by Gasteiger charge is 2.12. The van der Waals surface area contributed by atoms with Crippen LogP contribution in [0.15, 0.2) is 36.4 Å². The van der Waals surface area contributed by atoms with Gasteiger partial charge in [0.2, 0.25) is 0 Å². The summed E-state index contributed by atoms with van der Waals surface area (Å²) in [5.74, 6) is 0.250. The molecule has 3 heteroatoms. The minimum Gasteiger partial charge on any atom is -0.504 e. The van der Waals surface area contributed by atoms with Crippen molar-refractivity contribution in [1.82, 2.24) is 0 Å². The maximum atomic E-state index is 12.4. The van der Waals surface area contributed by atoms with Gasteiger partial charge in [-0.15, -0.1) is 0 Å². The Labute approximate surface area is 112 Å². The summed E-state index contributed by atoms with van der Waals surface area (Å²) in [6.45, 7) is 3.92. The van der Waals surface area contributed by atoms with Gasteiger partial charge in [-0.2, -0.15) is 0 Å². The van der Waals surface area contributed by atoms with E-state index in [9.17, 15) is 9.90 Å². The molecule has 0 atom stereocenters. The minimum atomic E-state index is -0.0786. The van der Waals surface area contributed by atoms with Crippen LogP contribution in [0.2, 0.25) is 0 Å². The number of ether oxygens (including phenoxy) is 1. The van der Waals surface area contributed by atoms with Gasteiger partial charge in [-0.05, 0) is 44.2 Å². The van der Waals surface area contributed by atoms with E-state index in [1.807, 2.05) is 32.0 Å². The Morgan fingerprint density at radius 1 is 1.00 bits per heavy atom. The zero-order valence-electron chi connectivity index (χ0n) is 11.2. The van der Waals surface area contributed by atoms with Crippen LogP contribution >= 0.6 is 0 Å². The van der Waals surface area contributed by atoms with E-state index in [0.29, 0.717) is 16.9 Å². The van der Waals surface area contributed by atoms with Crippen LogP contribution in [0, 0.1) is 13.8 Å². The van der Waals surface area contributed by atoms with Gasteiger partial charge in [-0.3, -0.25) is 4.79 Å². The van der Waals surface area contributed by atoms with E-state index in [2.05, 4.69) is 0 Å². The van der Waals surface area contributed by atoms with Gasteiger partial charge in [0.15, 0.2) is 17.3 Å². The molecule has 0 bridgehead atoms. The van der Waals surface area contributed by atoms with E-state index in [-0.39, 0.29) is 11.5 Å². The van der Waals surface area contributed by atoms with Crippen molar-refractivity contribution in [3.8, 4) is 11.5 Å². The molecule has 2 rings (SSSR count). The zero-order chi connectivity index (χ0) is 14.0. The fourth-order valence-electron chi connectivity index (χ4n) is 2.09. The molecule has 1 N–H and O–H groups in total. The van der Waals surface area contributed by atoms with Crippen LogP contribution < -0.4 is 4.74 Å². The van der Waals surface area contributed by atoms with Gasteiger partial charge in [-0.25, -0.2) is 0 Å². The molecule has 0 aromatic heterocycles. The summed E-state index contributed by atoms with van der Waals surface area (Å²) in [7, 11) is 1.46. The molecule has 0 spiro atoms. The molecule has 0 heterocycles. The lowest BCUT2D eigenvalue weighted by atomic mass is 9.99. The summed E-state index contributed by atoms with van der Waals surface area (Å²) >= 11 is 0. The Morgan fingerprint density at radius 3 is 2.21 bits per heavy atom. The normalized spacial score (nSPS) is 10.3. The summed E-state index contributed by atoms with van der Waals surface area (Å²) in [4.78, 5) is 12.4. The van der Waals surface area contributed by atoms with Crippen LogP contribution in [0.4, 0.5) is 0 Å². The highest BCUT2D eigenvalue weighted by atomic mass is 16.5. The number of carbonyl (C=O) groups is 1. The van der Waals surface area contributed by atoms with Crippen molar-refractivity contribution in [2.75, 3.05) is 7.11 Å². The third-order valence-corrected chi connectivity index (χ3v) is 2.93. The van der Waals surface area contributed by atoms with E-state index in [1.165, 1.54) is 13.2 Å². The van der Waals surface area contributed by atoms with E-state index in [1.54, 1.807) is 12.1 Å². The molecule has 0 fully saturated rings. The maximum absolute atomic E-state index is 12.4. The number of methoxy groups -OCH3 is 1. The van der Waals surface area contributed by atoms with Crippen molar-refractivity contribution in [2.24, 2.45) is 0 Å². The van der Waals surface area contributed by atoms with Crippen LogP contribution in [-0.2, 0) is 0 Å². The van der Waals surface area contributed by atoms with Crippen LogP contribution in [0.5, 0.6) is 11.5 Å². The molecule has 0 saturated heterocycles. The molecule has 2 aromatic rings. The van der Waals surface area contributed by atoms with Crippen LogP contribution in [0.3, 0.4) is 0 Å². The molecule has 98 valence electrons. The Hall–Kier alpha value is -2.29. The molecule has 0 radical (unpaired) electrons. The number of hydrogen-bond acceptors (Lipinski definition) is 3. The second-order valence-electron chi connectivity index (χ2n) is 4.59. The number of ketones is 1. The topological polar surface area (TPSA) is 46.5 Å². The minimum absolute atomic E-state index is 0.0273. The second-order valence-corrected chi connectivity index (χ2v) is 4.59. The van der Waals surface area contributed by atoms with Crippen LogP contribution in [0.25, 0.3) is 0 Å². The lowest BCUT2D eigenvalue weighted by Crippen LogP contribution is -2.02. The molecule has 0 aliphatic carbocycles. The summed E-state index contributed by atoms with van der Waals surface area (Å²) in [6.07, 6.45) is 0. The number of phenolic OH excluding ortho intramolecular Hbond substituents is 1. The molecule has 0 aliphatic rings. The predicted octanol–water partition coefficient (Wildman–Crippen LogP) is 3.25. The summed E-state index contributed by atoms with van der Waals surface area (Å²) < 4.78 is 5.02. The van der Waals surface area contributed by atoms with Gasteiger partial charge < -0.3 is 9.84 Å². The van der Waals surface area contributed by atoms with Gasteiger partial charge >= 0.3 is 0 Å². The van der Waals surface area contributed by atoms with Gasteiger partial charge in [-0.1, -0.05) is 17.2 Å². The molecule has 3 nitrogen and oxygen atoms in total. The maximum Gasteiger partial charge on any atom is 0.193 e. The monoisotopic (exact) mass is 256 g/mol. The Kier molecular flexibility index (Phi) is 3.56. The number of phenols is 1. The number of benzene rings is 2. The SMILES string of the molecule is COc1cc(C(=O)c2cc(C)cc(C)c2)ccc1O. The third kappa shape index (κ3) is 2.76. The van der Waals surface area contributed by atoms with E-state index >= 15 is 0 Å². The van der Waals surface area contributed by atoms with E-state index in [0.717, 1.165) is 11.1 Å². The first kappa shape index (κ1) is 13.1. The molecule has 0 unspecified atom stereocenters. The number of aromatic hydroxyl groups is 1.